The van der Waals surface area contributed by atoms with E-state index in [0.29, 0.717) is 6.42 Å². The van der Waals surface area contributed by atoms with Crippen molar-refractivity contribution in [1.82, 2.24) is 9.78 Å². The van der Waals surface area contributed by atoms with Crippen molar-refractivity contribution in [2.75, 3.05) is 12.9 Å². The van der Waals surface area contributed by atoms with Gasteiger partial charge in [0.1, 0.15) is 0 Å². The smallest absolute Gasteiger partial charge is 0.306 e. The van der Waals surface area contributed by atoms with Crippen molar-refractivity contribution < 1.29 is 9.53 Å². The van der Waals surface area contributed by atoms with Crippen molar-refractivity contribution in [3.8, 4) is 11.1 Å². The monoisotopic (exact) mass is 304 g/mol. The van der Waals surface area contributed by atoms with Gasteiger partial charge in [-0.2, -0.15) is 5.10 Å². The molecule has 0 aliphatic heterocycles. The zero-order chi connectivity index (χ0) is 15.2. The van der Waals surface area contributed by atoms with Crippen molar-refractivity contribution in [1.29, 1.82) is 0 Å². The first kappa shape index (κ1) is 15.6. The quantitative estimate of drug-likeness (QED) is 0.607. The number of carbonyl (C=O) groups is 1. The number of hydrogen-bond acceptors (Lipinski definition) is 4. The van der Waals surface area contributed by atoms with Gasteiger partial charge in [0.05, 0.1) is 19.7 Å². The molecule has 0 spiro atoms. The number of nitrogens with zero attached hydrogens (tertiary/aromatic N) is 2. The molecule has 0 saturated carbocycles. The number of aryl methyl sites for hydroxylation is 2. The molecule has 21 heavy (non-hydrogen) atoms. The first-order valence-corrected chi connectivity index (χ1v) is 7.93. The fraction of sp³-hybridized carbons (Fsp3) is 0.375. The van der Waals surface area contributed by atoms with Crippen molar-refractivity contribution in [2.45, 2.75) is 24.7 Å². The molecular formula is C16H20N2O2S. The number of ether oxygens (including phenoxy) is 1. The van der Waals surface area contributed by atoms with Crippen LogP contribution in [0.4, 0.5) is 0 Å². The zero-order valence-corrected chi connectivity index (χ0v) is 13.4. The second-order valence-electron chi connectivity index (χ2n) is 4.80. The predicted octanol–water partition coefficient (Wildman–Crippen LogP) is 3.30. The lowest BCUT2D eigenvalue weighted by atomic mass is 10.0. The Morgan fingerprint density at radius 2 is 2.14 bits per heavy atom. The number of methoxy groups -OCH3 is 1. The van der Waals surface area contributed by atoms with Gasteiger partial charge in [-0.05, 0) is 29.7 Å². The van der Waals surface area contributed by atoms with Crippen LogP contribution in [0, 0.1) is 0 Å². The summed E-state index contributed by atoms with van der Waals surface area (Å²) in [4.78, 5) is 12.3. The Bertz CT molecular complexity index is 622. The van der Waals surface area contributed by atoms with E-state index in [9.17, 15) is 4.79 Å². The van der Waals surface area contributed by atoms with E-state index in [1.54, 1.807) is 16.4 Å². The highest BCUT2D eigenvalue weighted by atomic mass is 32.2. The Kier molecular flexibility index (Phi) is 5.44. The van der Waals surface area contributed by atoms with Gasteiger partial charge in [0.15, 0.2) is 0 Å². The molecule has 0 aliphatic carbocycles. The number of aromatic nitrogens is 2. The highest BCUT2D eigenvalue weighted by molar-refractivity contribution is 7.99. The molecule has 112 valence electrons. The first-order chi connectivity index (χ1) is 10.1. The summed E-state index contributed by atoms with van der Waals surface area (Å²) < 4.78 is 6.47. The zero-order valence-electron chi connectivity index (χ0n) is 12.6. The topological polar surface area (TPSA) is 44.1 Å². The normalized spacial score (nSPS) is 10.6. The Hall–Kier alpha value is -1.75. The average Bonchev–Trinajstić information content (AvgIpc) is 2.93. The molecule has 4 nitrogen and oxygen atoms in total. The number of hydrogen-bond donors (Lipinski definition) is 0. The molecule has 0 fully saturated rings. The molecule has 2 aromatic rings. The summed E-state index contributed by atoms with van der Waals surface area (Å²) in [6.45, 7) is 2.14. The van der Waals surface area contributed by atoms with Crippen LogP contribution in [0.5, 0.6) is 0 Å². The second kappa shape index (κ2) is 7.31. The lowest BCUT2D eigenvalue weighted by Gasteiger charge is -2.07. The van der Waals surface area contributed by atoms with Gasteiger partial charge in [-0.3, -0.25) is 9.48 Å². The van der Waals surface area contributed by atoms with E-state index in [1.807, 2.05) is 19.4 Å². The third-order valence-electron chi connectivity index (χ3n) is 3.22. The first-order valence-electron chi connectivity index (χ1n) is 6.95. The molecule has 5 heteroatoms. The van der Waals surface area contributed by atoms with Crippen LogP contribution in [0.25, 0.3) is 11.1 Å². The van der Waals surface area contributed by atoms with Crippen LogP contribution < -0.4 is 0 Å². The molecule has 0 amide bonds. The minimum absolute atomic E-state index is 0.165. The molecule has 0 atom stereocenters. The van der Waals surface area contributed by atoms with E-state index < -0.39 is 0 Å². The van der Waals surface area contributed by atoms with Crippen LogP contribution in [0.3, 0.4) is 0 Å². The Balaban J connectivity index is 2.16. The highest BCUT2D eigenvalue weighted by Gasteiger charge is 2.06. The molecule has 0 N–H and O–H groups in total. The van der Waals surface area contributed by atoms with Crippen molar-refractivity contribution >= 4 is 17.7 Å². The van der Waals surface area contributed by atoms with Gasteiger partial charge < -0.3 is 4.74 Å². The second-order valence-corrected chi connectivity index (χ2v) is 5.96. The summed E-state index contributed by atoms with van der Waals surface area (Å²) in [5.41, 5.74) is 3.57. The maximum Gasteiger partial charge on any atom is 0.306 e. The van der Waals surface area contributed by atoms with E-state index in [2.05, 4.69) is 35.0 Å². The number of carbonyl (C=O) groups excluding carboxylic acids is 1. The van der Waals surface area contributed by atoms with Crippen molar-refractivity contribution in [2.24, 2.45) is 7.05 Å². The van der Waals surface area contributed by atoms with E-state index in [1.165, 1.54) is 23.1 Å². The molecule has 1 aromatic heterocycles. The number of benzene rings is 1. The van der Waals surface area contributed by atoms with E-state index in [4.69, 9.17) is 0 Å². The van der Waals surface area contributed by atoms with Crippen molar-refractivity contribution in [3.63, 3.8) is 0 Å². The minimum atomic E-state index is -0.165. The van der Waals surface area contributed by atoms with E-state index in [0.717, 1.165) is 17.7 Å². The fourth-order valence-electron chi connectivity index (χ4n) is 2.04. The van der Waals surface area contributed by atoms with Gasteiger partial charge in [-0.1, -0.05) is 13.0 Å². The van der Waals surface area contributed by atoms with Gasteiger partial charge in [-0.15, -0.1) is 11.8 Å². The summed E-state index contributed by atoms with van der Waals surface area (Å²) in [5.74, 6) is 0.563. The lowest BCUT2D eigenvalue weighted by molar-refractivity contribution is -0.140. The van der Waals surface area contributed by atoms with Gasteiger partial charge >= 0.3 is 5.97 Å². The number of thioether (sulfide) groups is 1. The summed E-state index contributed by atoms with van der Waals surface area (Å²) in [6, 6.07) is 6.53. The largest absolute Gasteiger partial charge is 0.469 e. The van der Waals surface area contributed by atoms with E-state index in [-0.39, 0.29) is 5.97 Å². The van der Waals surface area contributed by atoms with Gasteiger partial charge in [0, 0.05) is 29.5 Å². The van der Waals surface area contributed by atoms with Gasteiger partial charge in [-0.25, -0.2) is 0 Å². The molecule has 0 aliphatic rings. The molecule has 0 bridgehead atoms. The third-order valence-corrected chi connectivity index (χ3v) is 4.19. The minimum Gasteiger partial charge on any atom is -0.469 e. The molecule has 0 radical (unpaired) electrons. The van der Waals surface area contributed by atoms with Crippen LogP contribution in [-0.2, 0) is 23.0 Å². The standard InChI is InChI=1S/C16H20N2O2S/c1-4-12-7-13(14-10-17-18(2)11-14)9-15(8-12)21-6-5-16(19)20-3/h7-11H,4-6H2,1-3H3. The number of esters is 1. The van der Waals surface area contributed by atoms with Gasteiger partial charge in [0.2, 0.25) is 0 Å². The Labute approximate surface area is 129 Å². The van der Waals surface area contributed by atoms with Crippen LogP contribution in [0.2, 0.25) is 0 Å². The van der Waals surface area contributed by atoms with E-state index >= 15 is 0 Å². The summed E-state index contributed by atoms with van der Waals surface area (Å²) in [7, 11) is 3.34. The van der Waals surface area contributed by atoms with Crippen LogP contribution >= 0.6 is 11.8 Å². The highest BCUT2D eigenvalue weighted by Crippen LogP contribution is 2.28. The SMILES string of the molecule is CCc1cc(SCCC(=O)OC)cc(-c2cnn(C)c2)c1. The molecule has 1 heterocycles. The molecule has 0 saturated heterocycles. The van der Waals surface area contributed by atoms with Gasteiger partial charge in [0.25, 0.3) is 0 Å². The summed E-state index contributed by atoms with van der Waals surface area (Å²) >= 11 is 1.68. The molecular weight excluding hydrogens is 284 g/mol. The summed E-state index contributed by atoms with van der Waals surface area (Å²) in [5, 5.41) is 4.22. The fourth-order valence-corrected chi connectivity index (χ4v) is 2.99. The Morgan fingerprint density at radius 3 is 2.76 bits per heavy atom. The third kappa shape index (κ3) is 4.36. The van der Waals surface area contributed by atoms with Crippen LogP contribution in [-0.4, -0.2) is 28.6 Å². The maximum atomic E-state index is 11.2. The maximum absolute atomic E-state index is 11.2. The molecule has 1 aromatic carbocycles. The summed E-state index contributed by atoms with van der Waals surface area (Å²) in [6.07, 6.45) is 5.30. The number of rotatable bonds is 6. The Morgan fingerprint density at radius 1 is 1.33 bits per heavy atom. The molecule has 2 rings (SSSR count). The van der Waals surface area contributed by atoms with Crippen molar-refractivity contribution in [3.05, 3.63) is 36.2 Å². The predicted molar refractivity (Wildman–Crippen MR) is 85.4 cm³/mol. The molecule has 0 unspecified atom stereocenters. The van der Waals surface area contributed by atoms with Crippen LogP contribution in [0.15, 0.2) is 35.5 Å². The lowest BCUT2D eigenvalue weighted by Crippen LogP contribution is -2.00. The van der Waals surface area contributed by atoms with Crippen LogP contribution in [0.1, 0.15) is 18.9 Å². The average molecular weight is 304 g/mol.